The summed E-state index contributed by atoms with van der Waals surface area (Å²) in [5.74, 6) is -0.341. The van der Waals surface area contributed by atoms with E-state index < -0.39 is 12.6 Å². The first-order chi connectivity index (χ1) is 8.69. The molecule has 0 N–H and O–H groups in total. The van der Waals surface area contributed by atoms with Crippen molar-refractivity contribution in [2.75, 3.05) is 20.1 Å². The fraction of sp³-hybridized carbons (Fsp3) is 0.417. The Morgan fingerprint density at radius 3 is 2.47 bits per heavy atom. The molecule has 19 heavy (non-hydrogen) atoms. The second-order valence-corrected chi connectivity index (χ2v) is 4.99. The lowest BCUT2D eigenvalue weighted by molar-refractivity contribution is -0.137. The molecular weight excluding hydrogens is 302 g/mol. The molecule has 106 valence electrons. The topological polar surface area (TPSA) is 20.3 Å². The van der Waals surface area contributed by atoms with E-state index in [1.54, 1.807) is 0 Å². The Kier molecular flexibility index (Phi) is 5.64. The van der Waals surface area contributed by atoms with Gasteiger partial charge in [-0.05, 0) is 25.2 Å². The minimum absolute atomic E-state index is 0.128. The fourth-order valence-electron chi connectivity index (χ4n) is 1.44. The molecule has 0 atom stereocenters. The molecule has 0 aliphatic carbocycles. The van der Waals surface area contributed by atoms with Gasteiger partial charge in [0.2, 0.25) is 0 Å². The summed E-state index contributed by atoms with van der Waals surface area (Å²) >= 11 is 11.5. The number of alkyl halides is 3. The molecular formula is C12H12Cl2F3NO. The highest BCUT2D eigenvalue weighted by Gasteiger charge is 2.27. The molecule has 2 nitrogen and oxygen atoms in total. The summed E-state index contributed by atoms with van der Waals surface area (Å²) in [5.41, 5.74) is 0.255. The van der Waals surface area contributed by atoms with Gasteiger partial charge in [-0.2, -0.15) is 13.2 Å². The monoisotopic (exact) mass is 313 g/mol. The van der Waals surface area contributed by atoms with Crippen molar-refractivity contribution in [2.24, 2.45) is 0 Å². The molecule has 0 unspecified atom stereocenters. The van der Waals surface area contributed by atoms with Crippen LogP contribution in [0.3, 0.4) is 0 Å². The van der Waals surface area contributed by atoms with E-state index in [2.05, 4.69) is 0 Å². The molecule has 0 saturated heterocycles. The van der Waals surface area contributed by atoms with Crippen molar-refractivity contribution in [3.8, 4) is 0 Å². The second-order valence-electron chi connectivity index (χ2n) is 4.15. The summed E-state index contributed by atoms with van der Waals surface area (Å²) < 4.78 is 36.1. The Labute approximate surface area is 119 Å². The van der Waals surface area contributed by atoms with Crippen molar-refractivity contribution in [3.63, 3.8) is 0 Å². The third kappa shape index (κ3) is 5.80. The van der Waals surface area contributed by atoms with Crippen molar-refractivity contribution in [2.45, 2.75) is 12.6 Å². The minimum Gasteiger partial charge on any atom is -0.299 e. The number of Topliss-reactive ketones (excluding diaryl/α,β-unsaturated/α-hetero) is 1. The third-order valence-corrected chi connectivity index (χ3v) is 2.97. The van der Waals surface area contributed by atoms with E-state index in [1.165, 1.54) is 30.1 Å². The van der Waals surface area contributed by atoms with Gasteiger partial charge in [0, 0.05) is 17.1 Å². The molecule has 0 aliphatic heterocycles. The van der Waals surface area contributed by atoms with Gasteiger partial charge in [-0.15, -0.1) is 0 Å². The average molecular weight is 314 g/mol. The summed E-state index contributed by atoms with van der Waals surface area (Å²) in [4.78, 5) is 13.2. The molecule has 0 aliphatic rings. The van der Waals surface area contributed by atoms with Crippen LogP contribution < -0.4 is 0 Å². The van der Waals surface area contributed by atoms with Crippen LogP contribution in [-0.4, -0.2) is 37.0 Å². The first-order valence-electron chi connectivity index (χ1n) is 5.42. The minimum atomic E-state index is -4.23. The molecule has 0 bridgehead atoms. The highest BCUT2D eigenvalue weighted by molar-refractivity contribution is 6.36. The highest BCUT2D eigenvalue weighted by atomic mass is 35.5. The van der Waals surface area contributed by atoms with Crippen LogP contribution in [0.1, 0.15) is 16.8 Å². The normalized spacial score (nSPS) is 11.9. The van der Waals surface area contributed by atoms with E-state index in [-0.39, 0.29) is 29.5 Å². The van der Waals surface area contributed by atoms with Crippen LogP contribution in [0.2, 0.25) is 10.0 Å². The van der Waals surface area contributed by atoms with Crippen LogP contribution in [-0.2, 0) is 0 Å². The van der Waals surface area contributed by atoms with Crippen molar-refractivity contribution >= 4 is 29.0 Å². The summed E-state index contributed by atoms with van der Waals surface area (Å²) in [6.45, 7) is -0.363. The summed E-state index contributed by atoms with van der Waals surface area (Å²) in [5, 5.41) is 0.591. The van der Waals surface area contributed by atoms with E-state index in [1.807, 2.05) is 0 Å². The molecule has 0 spiro atoms. The molecule has 0 fully saturated rings. The van der Waals surface area contributed by atoms with E-state index in [0.29, 0.717) is 5.02 Å². The van der Waals surface area contributed by atoms with E-state index in [4.69, 9.17) is 23.2 Å². The standard InChI is InChI=1S/C12H12Cl2F3NO/c1-18(5-4-12(15,16)17)7-11(19)9-3-2-8(13)6-10(9)14/h2-3,6H,4-5,7H2,1H3. The van der Waals surface area contributed by atoms with Crippen LogP contribution in [0.25, 0.3) is 0 Å². The zero-order valence-corrected chi connectivity index (χ0v) is 11.6. The number of halogens is 5. The maximum Gasteiger partial charge on any atom is 0.390 e. The van der Waals surface area contributed by atoms with E-state index >= 15 is 0 Å². The Bertz CT molecular complexity index is 463. The number of nitrogens with zero attached hydrogens (tertiary/aromatic N) is 1. The van der Waals surface area contributed by atoms with Crippen LogP contribution in [0.5, 0.6) is 0 Å². The van der Waals surface area contributed by atoms with Gasteiger partial charge in [-0.25, -0.2) is 0 Å². The van der Waals surface area contributed by atoms with Gasteiger partial charge < -0.3 is 0 Å². The van der Waals surface area contributed by atoms with Crippen LogP contribution >= 0.6 is 23.2 Å². The van der Waals surface area contributed by atoms with E-state index in [0.717, 1.165) is 0 Å². The number of hydrogen-bond acceptors (Lipinski definition) is 2. The van der Waals surface area contributed by atoms with Crippen LogP contribution in [0.4, 0.5) is 13.2 Å². The van der Waals surface area contributed by atoms with Gasteiger partial charge in [0.05, 0.1) is 18.0 Å². The molecule has 1 aromatic carbocycles. The van der Waals surface area contributed by atoms with Gasteiger partial charge in [-0.1, -0.05) is 23.2 Å². The third-order valence-electron chi connectivity index (χ3n) is 2.42. The lowest BCUT2D eigenvalue weighted by atomic mass is 10.1. The van der Waals surface area contributed by atoms with Gasteiger partial charge in [-0.3, -0.25) is 9.69 Å². The first kappa shape index (κ1) is 16.3. The lowest BCUT2D eigenvalue weighted by Gasteiger charge is -2.17. The predicted molar refractivity (Wildman–Crippen MR) is 69.0 cm³/mol. The Morgan fingerprint density at radius 2 is 1.95 bits per heavy atom. The van der Waals surface area contributed by atoms with Crippen molar-refractivity contribution < 1.29 is 18.0 Å². The average Bonchev–Trinajstić information content (AvgIpc) is 2.25. The molecule has 0 heterocycles. The largest absolute Gasteiger partial charge is 0.390 e. The zero-order chi connectivity index (χ0) is 14.6. The van der Waals surface area contributed by atoms with Gasteiger partial charge >= 0.3 is 6.18 Å². The van der Waals surface area contributed by atoms with Crippen molar-refractivity contribution in [1.29, 1.82) is 0 Å². The van der Waals surface area contributed by atoms with Crippen molar-refractivity contribution in [1.82, 2.24) is 4.90 Å². The molecule has 7 heteroatoms. The second kappa shape index (κ2) is 6.59. The SMILES string of the molecule is CN(CCC(F)(F)F)CC(=O)c1ccc(Cl)cc1Cl. The zero-order valence-electron chi connectivity index (χ0n) is 10.1. The summed E-state index contributed by atoms with van der Waals surface area (Å²) in [7, 11) is 1.45. The molecule has 0 saturated carbocycles. The first-order valence-corrected chi connectivity index (χ1v) is 6.18. The molecule has 1 aromatic rings. The van der Waals surface area contributed by atoms with Crippen molar-refractivity contribution in [3.05, 3.63) is 33.8 Å². The van der Waals surface area contributed by atoms with Crippen LogP contribution in [0.15, 0.2) is 18.2 Å². The smallest absolute Gasteiger partial charge is 0.299 e. The summed E-state index contributed by atoms with van der Waals surface area (Å²) in [6, 6.07) is 4.40. The predicted octanol–water partition coefficient (Wildman–Crippen LogP) is 4.06. The van der Waals surface area contributed by atoms with E-state index in [9.17, 15) is 18.0 Å². The number of rotatable bonds is 5. The van der Waals surface area contributed by atoms with Crippen LogP contribution in [0, 0.1) is 0 Å². The number of likely N-dealkylation sites (N-methyl/N-ethyl adjacent to an activating group) is 1. The number of benzene rings is 1. The highest BCUT2D eigenvalue weighted by Crippen LogP contribution is 2.22. The number of ketones is 1. The summed E-state index contributed by atoms with van der Waals surface area (Å²) in [6.07, 6.45) is -5.18. The quantitative estimate of drug-likeness (QED) is 0.764. The maximum absolute atomic E-state index is 12.0. The number of carbonyl (C=O) groups is 1. The number of hydrogen-bond donors (Lipinski definition) is 0. The fourth-order valence-corrected chi connectivity index (χ4v) is 1.96. The number of carbonyl (C=O) groups excluding carboxylic acids is 1. The lowest BCUT2D eigenvalue weighted by Crippen LogP contribution is -2.29. The molecule has 0 amide bonds. The van der Waals surface area contributed by atoms with Gasteiger partial charge in [0.15, 0.2) is 5.78 Å². The Morgan fingerprint density at radius 1 is 1.32 bits per heavy atom. The Hall–Kier alpha value is -0.780. The molecule has 0 radical (unpaired) electrons. The van der Waals surface area contributed by atoms with Gasteiger partial charge in [0.25, 0.3) is 0 Å². The molecule has 1 rings (SSSR count). The van der Waals surface area contributed by atoms with Gasteiger partial charge in [0.1, 0.15) is 0 Å². The molecule has 0 aromatic heterocycles. The maximum atomic E-state index is 12.0. The Balaban J connectivity index is 2.59.